The molecule has 0 fully saturated rings. The molecule has 0 heterocycles. The molecule has 0 bridgehead atoms. The number of benzene rings is 2. The molecule has 0 unspecified atom stereocenters. The van der Waals surface area contributed by atoms with Crippen LogP contribution >= 0.6 is 0 Å². The Bertz CT molecular complexity index is 785. The van der Waals surface area contributed by atoms with Crippen LogP contribution in [0.4, 0.5) is 5.69 Å². The summed E-state index contributed by atoms with van der Waals surface area (Å²) in [6, 6.07) is 12.9. The Morgan fingerprint density at radius 3 is 1.61 bits per heavy atom. The molecule has 0 saturated carbocycles. The molecule has 0 atom stereocenters. The monoisotopic (exact) mass is 504 g/mol. The molecule has 2 nitrogen and oxygen atoms in total. The summed E-state index contributed by atoms with van der Waals surface area (Å²) in [5.41, 5.74) is 7.71. The summed E-state index contributed by atoms with van der Waals surface area (Å²) in [6.45, 7) is 17.9. The zero-order chi connectivity index (χ0) is 20.8. The first-order chi connectivity index (χ1) is 13.2. The van der Waals surface area contributed by atoms with Crippen LogP contribution in [-0.2, 0) is 16.5 Å². The van der Waals surface area contributed by atoms with E-state index < -0.39 is 0 Å². The minimum atomic E-state index is 0. The molecule has 2 rings (SSSR count). The van der Waals surface area contributed by atoms with E-state index in [9.17, 15) is 0 Å². The van der Waals surface area contributed by atoms with Crippen molar-refractivity contribution in [2.45, 2.75) is 79.1 Å². The van der Waals surface area contributed by atoms with Crippen molar-refractivity contribution in [2.75, 3.05) is 0 Å². The second-order valence-corrected chi connectivity index (χ2v) is 8.78. The maximum absolute atomic E-state index is 4.56. The predicted octanol–water partition coefficient (Wildman–Crippen LogP) is 2.94. The van der Waals surface area contributed by atoms with Gasteiger partial charge in [-0.2, -0.15) is 10.2 Å². The van der Waals surface area contributed by atoms with Gasteiger partial charge in [-0.25, -0.2) is 0 Å². The van der Waals surface area contributed by atoms with Gasteiger partial charge in [-0.3, -0.25) is 0 Å². The Morgan fingerprint density at radius 2 is 1.13 bits per heavy atom. The largest absolute Gasteiger partial charge is 2.00 e. The summed E-state index contributed by atoms with van der Waals surface area (Å²) < 4.78 is 0. The minimum Gasteiger partial charge on any atom is -1.00 e. The number of nitrogens with zero attached hydrogens (tertiary/aromatic N) is 2. The van der Waals surface area contributed by atoms with Crippen molar-refractivity contribution in [1.82, 2.24) is 0 Å². The number of halogens is 2. The SMILES string of the molecule is CC(C)c1cccc(C=CN=Nc2cccc(C(C)C)c2C(C)C)c1C(C)C.[Cl-].[Cl-].[Ni+2]. The fourth-order valence-corrected chi connectivity index (χ4v) is 3.92. The maximum Gasteiger partial charge on any atom is 2.00 e. The molecule has 0 radical (unpaired) electrons. The molecule has 5 heteroatoms. The van der Waals surface area contributed by atoms with Crippen LogP contribution in [0.5, 0.6) is 0 Å². The molecule has 0 aromatic heterocycles. The molecule has 174 valence electrons. The van der Waals surface area contributed by atoms with Crippen LogP contribution in [0.1, 0.15) is 107 Å². The standard InChI is InChI=1S/C26H36N2.2ClH.Ni/c1-17(2)22-12-9-11-21(25(22)19(5)6)15-16-27-28-24-14-10-13-23(18(3)4)26(24)20(7)8;;;/h9-20H,1-8H3;2*1H;/q;;;+2/p-2. The van der Waals surface area contributed by atoms with Crippen molar-refractivity contribution < 1.29 is 41.3 Å². The molecular formula is C26H36Cl2N2Ni. The van der Waals surface area contributed by atoms with Crippen LogP contribution in [-0.4, -0.2) is 0 Å². The number of azo groups is 1. The van der Waals surface area contributed by atoms with Crippen molar-refractivity contribution in [3.05, 3.63) is 70.4 Å². The van der Waals surface area contributed by atoms with Gasteiger partial charge in [0.2, 0.25) is 0 Å². The molecular weight excluding hydrogens is 470 g/mol. The Hall–Kier alpha value is -1.15. The third kappa shape index (κ3) is 8.37. The Balaban J connectivity index is 0. The summed E-state index contributed by atoms with van der Waals surface area (Å²) in [7, 11) is 0. The van der Waals surface area contributed by atoms with E-state index in [-0.39, 0.29) is 41.3 Å². The van der Waals surface area contributed by atoms with Gasteiger partial charge in [0.05, 0.1) is 11.9 Å². The van der Waals surface area contributed by atoms with Crippen LogP contribution in [0.2, 0.25) is 0 Å². The van der Waals surface area contributed by atoms with Crippen LogP contribution in [0.15, 0.2) is 52.8 Å². The molecule has 0 spiro atoms. The van der Waals surface area contributed by atoms with Crippen LogP contribution in [0.25, 0.3) is 6.08 Å². The van der Waals surface area contributed by atoms with E-state index in [1.807, 2.05) is 6.20 Å². The average molecular weight is 506 g/mol. The van der Waals surface area contributed by atoms with E-state index in [2.05, 4.69) is 108 Å². The molecule has 0 N–H and O–H groups in total. The summed E-state index contributed by atoms with van der Waals surface area (Å²) in [5.74, 6) is 1.90. The summed E-state index contributed by atoms with van der Waals surface area (Å²) >= 11 is 0. The van der Waals surface area contributed by atoms with E-state index in [1.54, 1.807) is 0 Å². The van der Waals surface area contributed by atoms with Crippen molar-refractivity contribution >= 4 is 11.8 Å². The molecule has 0 aliphatic carbocycles. The van der Waals surface area contributed by atoms with Crippen molar-refractivity contribution in [3.8, 4) is 0 Å². The molecule has 0 aliphatic rings. The van der Waals surface area contributed by atoms with E-state index in [1.165, 1.54) is 27.8 Å². The molecule has 31 heavy (non-hydrogen) atoms. The average Bonchev–Trinajstić information content (AvgIpc) is 2.64. The fraction of sp³-hybridized carbons (Fsp3) is 0.462. The van der Waals surface area contributed by atoms with Gasteiger partial charge in [0.15, 0.2) is 0 Å². The first-order valence-electron chi connectivity index (χ1n) is 10.6. The normalized spacial score (nSPS) is 11.4. The van der Waals surface area contributed by atoms with Gasteiger partial charge < -0.3 is 24.8 Å². The van der Waals surface area contributed by atoms with Crippen molar-refractivity contribution in [2.24, 2.45) is 10.2 Å². The van der Waals surface area contributed by atoms with E-state index in [4.69, 9.17) is 0 Å². The number of hydrogen-bond donors (Lipinski definition) is 0. The smallest absolute Gasteiger partial charge is 1.00 e. The van der Waals surface area contributed by atoms with Gasteiger partial charge in [0.1, 0.15) is 0 Å². The Kier molecular flexibility index (Phi) is 15.3. The van der Waals surface area contributed by atoms with Gasteiger partial charge in [0, 0.05) is 0 Å². The molecule has 2 aromatic carbocycles. The fourth-order valence-electron chi connectivity index (χ4n) is 3.92. The van der Waals surface area contributed by atoms with Gasteiger partial charge in [-0.15, -0.1) is 0 Å². The predicted molar refractivity (Wildman–Crippen MR) is 123 cm³/mol. The number of hydrogen-bond acceptors (Lipinski definition) is 2. The zero-order valence-corrected chi connectivity index (χ0v) is 22.4. The molecule has 2 aromatic rings. The minimum absolute atomic E-state index is 0. The van der Waals surface area contributed by atoms with Crippen molar-refractivity contribution in [1.29, 1.82) is 0 Å². The Morgan fingerprint density at radius 1 is 0.645 bits per heavy atom. The van der Waals surface area contributed by atoms with Gasteiger partial charge in [0.25, 0.3) is 0 Å². The molecule has 0 saturated heterocycles. The first-order valence-corrected chi connectivity index (χ1v) is 10.6. The van der Waals surface area contributed by atoms with E-state index >= 15 is 0 Å². The summed E-state index contributed by atoms with van der Waals surface area (Å²) in [4.78, 5) is 0. The van der Waals surface area contributed by atoms with Crippen LogP contribution < -0.4 is 24.8 Å². The quantitative estimate of drug-likeness (QED) is 0.408. The van der Waals surface area contributed by atoms with Gasteiger partial charge in [-0.05, 0) is 63.6 Å². The first kappa shape index (κ1) is 32.0. The van der Waals surface area contributed by atoms with E-state index in [0.29, 0.717) is 23.7 Å². The Labute approximate surface area is 212 Å². The second-order valence-electron chi connectivity index (χ2n) is 8.78. The summed E-state index contributed by atoms with van der Waals surface area (Å²) in [6.07, 6.45) is 3.92. The zero-order valence-electron chi connectivity index (χ0n) is 19.9. The summed E-state index contributed by atoms with van der Waals surface area (Å²) in [5, 5.41) is 8.96. The third-order valence-corrected chi connectivity index (χ3v) is 5.18. The maximum atomic E-state index is 4.56. The number of rotatable bonds is 7. The third-order valence-electron chi connectivity index (χ3n) is 5.18. The van der Waals surface area contributed by atoms with E-state index in [0.717, 1.165) is 5.69 Å². The topological polar surface area (TPSA) is 24.7 Å². The van der Waals surface area contributed by atoms with Crippen LogP contribution in [0.3, 0.4) is 0 Å². The van der Waals surface area contributed by atoms with Gasteiger partial charge in [-0.1, -0.05) is 85.7 Å². The van der Waals surface area contributed by atoms with Gasteiger partial charge >= 0.3 is 16.5 Å². The van der Waals surface area contributed by atoms with Crippen molar-refractivity contribution in [3.63, 3.8) is 0 Å². The van der Waals surface area contributed by atoms with Crippen LogP contribution in [0, 0.1) is 0 Å². The molecule has 0 amide bonds. The second kappa shape index (κ2) is 14.8. The molecule has 0 aliphatic heterocycles.